The molecule has 1 fully saturated rings. The van der Waals surface area contributed by atoms with Gasteiger partial charge in [0.15, 0.2) is 0 Å². The summed E-state index contributed by atoms with van der Waals surface area (Å²) in [6.07, 6.45) is 3.06. The van der Waals surface area contributed by atoms with E-state index in [0.29, 0.717) is 12.1 Å². The zero-order valence-electron chi connectivity index (χ0n) is 12.2. The fourth-order valence-electron chi connectivity index (χ4n) is 2.59. The van der Waals surface area contributed by atoms with Crippen molar-refractivity contribution < 1.29 is 4.74 Å². The Kier molecular flexibility index (Phi) is 5.16. The number of nitrogens with one attached hydrogen (secondary N) is 1. The molecule has 0 spiro atoms. The van der Waals surface area contributed by atoms with E-state index >= 15 is 0 Å². The number of hydrogen-bond acceptors (Lipinski definition) is 4. The van der Waals surface area contributed by atoms with Gasteiger partial charge < -0.3 is 15.0 Å². The van der Waals surface area contributed by atoms with Crippen LogP contribution in [0.25, 0.3) is 0 Å². The molecule has 1 aliphatic heterocycles. The van der Waals surface area contributed by atoms with Gasteiger partial charge in [0.1, 0.15) is 0 Å². The first-order chi connectivity index (χ1) is 9.26. The molecule has 0 bridgehead atoms. The van der Waals surface area contributed by atoms with Gasteiger partial charge in [-0.1, -0.05) is 13.8 Å². The standard InChI is InChI=1S/C15H25N3O/c1-4-14(16-5-2)15-7-6-13(10-17-15)18-8-9-19-11-12(18)3/h6-7,10,12,14,16H,4-5,8-9,11H2,1-3H3. The number of hydrogen-bond donors (Lipinski definition) is 1. The van der Waals surface area contributed by atoms with Crippen molar-refractivity contribution in [2.24, 2.45) is 0 Å². The molecular weight excluding hydrogens is 238 g/mol. The lowest BCUT2D eigenvalue weighted by atomic mass is 10.1. The van der Waals surface area contributed by atoms with E-state index in [1.54, 1.807) is 0 Å². The Labute approximate surface area is 116 Å². The predicted molar refractivity (Wildman–Crippen MR) is 78.6 cm³/mol. The summed E-state index contributed by atoms with van der Waals surface area (Å²) in [5.74, 6) is 0. The molecule has 2 heterocycles. The van der Waals surface area contributed by atoms with Crippen LogP contribution in [0.1, 0.15) is 38.9 Å². The first kappa shape index (κ1) is 14.3. The first-order valence-corrected chi connectivity index (χ1v) is 7.30. The summed E-state index contributed by atoms with van der Waals surface area (Å²) >= 11 is 0. The Hall–Kier alpha value is -1.13. The third-order valence-corrected chi connectivity index (χ3v) is 3.69. The van der Waals surface area contributed by atoms with E-state index in [0.717, 1.165) is 38.4 Å². The molecule has 0 saturated carbocycles. The van der Waals surface area contributed by atoms with Crippen molar-refractivity contribution >= 4 is 5.69 Å². The average Bonchev–Trinajstić information content (AvgIpc) is 2.46. The van der Waals surface area contributed by atoms with Crippen LogP contribution in [0.15, 0.2) is 18.3 Å². The van der Waals surface area contributed by atoms with Crippen LogP contribution >= 0.6 is 0 Å². The van der Waals surface area contributed by atoms with Crippen molar-refractivity contribution in [3.63, 3.8) is 0 Å². The molecule has 0 aliphatic carbocycles. The third-order valence-electron chi connectivity index (χ3n) is 3.69. The number of nitrogens with zero attached hydrogens (tertiary/aromatic N) is 2. The van der Waals surface area contributed by atoms with E-state index in [4.69, 9.17) is 4.74 Å². The van der Waals surface area contributed by atoms with E-state index in [9.17, 15) is 0 Å². The van der Waals surface area contributed by atoms with Crippen molar-refractivity contribution in [1.29, 1.82) is 0 Å². The monoisotopic (exact) mass is 263 g/mol. The number of pyridine rings is 1. The van der Waals surface area contributed by atoms with Gasteiger partial charge in [0.25, 0.3) is 0 Å². The second-order valence-electron chi connectivity index (χ2n) is 5.08. The van der Waals surface area contributed by atoms with Crippen LogP contribution in [0.2, 0.25) is 0 Å². The molecule has 1 N–H and O–H groups in total. The average molecular weight is 263 g/mol. The molecule has 4 heteroatoms. The van der Waals surface area contributed by atoms with E-state index in [-0.39, 0.29) is 0 Å². The van der Waals surface area contributed by atoms with Crippen LogP contribution in [0.5, 0.6) is 0 Å². The SMILES string of the molecule is CCNC(CC)c1ccc(N2CCOCC2C)cn1. The van der Waals surface area contributed by atoms with E-state index < -0.39 is 0 Å². The van der Waals surface area contributed by atoms with Gasteiger partial charge in [-0.2, -0.15) is 0 Å². The molecule has 106 valence electrons. The molecule has 1 aromatic heterocycles. The minimum Gasteiger partial charge on any atom is -0.377 e. The fraction of sp³-hybridized carbons (Fsp3) is 0.667. The highest BCUT2D eigenvalue weighted by atomic mass is 16.5. The maximum absolute atomic E-state index is 5.47. The molecule has 2 unspecified atom stereocenters. The summed E-state index contributed by atoms with van der Waals surface area (Å²) in [7, 11) is 0. The quantitative estimate of drug-likeness (QED) is 0.885. The summed E-state index contributed by atoms with van der Waals surface area (Å²) in [4.78, 5) is 7.00. The van der Waals surface area contributed by atoms with Crippen molar-refractivity contribution in [2.75, 3.05) is 31.2 Å². The molecule has 0 amide bonds. The number of aromatic nitrogens is 1. The van der Waals surface area contributed by atoms with Gasteiger partial charge in [0, 0.05) is 18.6 Å². The zero-order valence-corrected chi connectivity index (χ0v) is 12.2. The Bertz CT molecular complexity index is 379. The lowest BCUT2D eigenvalue weighted by Gasteiger charge is -2.35. The van der Waals surface area contributed by atoms with Crippen LogP contribution in [-0.4, -0.2) is 37.3 Å². The van der Waals surface area contributed by atoms with Gasteiger partial charge >= 0.3 is 0 Å². The van der Waals surface area contributed by atoms with Gasteiger partial charge in [0.2, 0.25) is 0 Å². The summed E-state index contributed by atoms with van der Waals surface area (Å²) in [6.45, 7) is 10.0. The second-order valence-corrected chi connectivity index (χ2v) is 5.08. The molecule has 1 saturated heterocycles. The van der Waals surface area contributed by atoms with Crippen LogP contribution < -0.4 is 10.2 Å². The highest BCUT2D eigenvalue weighted by Crippen LogP contribution is 2.21. The normalized spacial score (nSPS) is 21.4. The molecule has 2 rings (SSSR count). The Morgan fingerprint density at radius 3 is 2.89 bits per heavy atom. The van der Waals surface area contributed by atoms with Crippen LogP contribution in [0.4, 0.5) is 5.69 Å². The largest absolute Gasteiger partial charge is 0.377 e. The Morgan fingerprint density at radius 2 is 2.32 bits per heavy atom. The predicted octanol–water partition coefficient (Wildman–Crippen LogP) is 2.37. The molecule has 0 radical (unpaired) electrons. The maximum atomic E-state index is 5.47. The molecule has 4 nitrogen and oxygen atoms in total. The summed E-state index contributed by atoms with van der Waals surface area (Å²) in [5.41, 5.74) is 2.33. The van der Waals surface area contributed by atoms with Gasteiger partial charge in [-0.05, 0) is 32.0 Å². The minimum absolute atomic E-state index is 0.362. The lowest BCUT2D eigenvalue weighted by Crippen LogP contribution is -2.43. The van der Waals surface area contributed by atoms with Crippen LogP contribution in [0, 0.1) is 0 Å². The van der Waals surface area contributed by atoms with Crippen molar-refractivity contribution in [3.8, 4) is 0 Å². The molecule has 0 aromatic carbocycles. The van der Waals surface area contributed by atoms with E-state index in [1.807, 2.05) is 6.20 Å². The molecular formula is C15H25N3O. The minimum atomic E-state index is 0.362. The summed E-state index contributed by atoms with van der Waals surface area (Å²) in [5, 5.41) is 3.46. The topological polar surface area (TPSA) is 37.4 Å². The Morgan fingerprint density at radius 1 is 1.47 bits per heavy atom. The Balaban J connectivity index is 2.08. The van der Waals surface area contributed by atoms with Crippen molar-refractivity contribution in [3.05, 3.63) is 24.0 Å². The highest BCUT2D eigenvalue weighted by molar-refractivity contribution is 5.46. The van der Waals surface area contributed by atoms with Gasteiger partial charge in [-0.15, -0.1) is 0 Å². The number of ether oxygens (including phenoxy) is 1. The van der Waals surface area contributed by atoms with Crippen molar-refractivity contribution in [2.45, 2.75) is 39.3 Å². The van der Waals surface area contributed by atoms with E-state index in [1.165, 1.54) is 5.69 Å². The third kappa shape index (κ3) is 3.45. The van der Waals surface area contributed by atoms with Crippen LogP contribution in [0.3, 0.4) is 0 Å². The fourth-order valence-corrected chi connectivity index (χ4v) is 2.59. The van der Waals surface area contributed by atoms with Gasteiger partial charge in [-0.25, -0.2) is 0 Å². The molecule has 19 heavy (non-hydrogen) atoms. The highest BCUT2D eigenvalue weighted by Gasteiger charge is 2.19. The summed E-state index contributed by atoms with van der Waals surface area (Å²) < 4.78 is 5.47. The number of morpholine rings is 1. The molecule has 2 atom stereocenters. The van der Waals surface area contributed by atoms with Crippen molar-refractivity contribution in [1.82, 2.24) is 10.3 Å². The lowest BCUT2D eigenvalue weighted by molar-refractivity contribution is 0.0989. The van der Waals surface area contributed by atoms with Gasteiger partial charge in [-0.3, -0.25) is 4.98 Å². The first-order valence-electron chi connectivity index (χ1n) is 7.30. The summed E-state index contributed by atoms with van der Waals surface area (Å²) in [6, 6.07) is 5.12. The second kappa shape index (κ2) is 6.87. The smallest absolute Gasteiger partial charge is 0.0668 e. The number of rotatable bonds is 5. The van der Waals surface area contributed by atoms with Gasteiger partial charge in [0.05, 0.1) is 30.8 Å². The van der Waals surface area contributed by atoms with E-state index in [2.05, 4.69) is 48.1 Å². The molecule has 1 aromatic rings. The zero-order chi connectivity index (χ0) is 13.7. The maximum Gasteiger partial charge on any atom is 0.0668 e. The van der Waals surface area contributed by atoms with Crippen LogP contribution in [-0.2, 0) is 4.74 Å². The number of anilines is 1. The molecule has 1 aliphatic rings.